The van der Waals surface area contributed by atoms with E-state index in [1.54, 1.807) is 18.7 Å². The molecule has 1 aliphatic rings. The molecule has 3 aromatic rings. The number of nitrogens with one attached hydrogen (secondary N) is 2. The van der Waals surface area contributed by atoms with E-state index in [4.69, 9.17) is 16.3 Å². The maximum absolute atomic E-state index is 12.7. The molecule has 11 nitrogen and oxygen atoms in total. The first kappa shape index (κ1) is 24.6. The summed E-state index contributed by atoms with van der Waals surface area (Å²) in [7, 11) is 1.58. The number of aromatic amines is 1. The Bertz CT molecular complexity index is 1200. The second-order valence-electron chi connectivity index (χ2n) is 7.77. The molecule has 1 fully saturated rings. The van der Waals surface area contributed by atoms with Crippen molar-refractivity contribution in [3.63, 3.8) is 0 Å². The number of carboxylic acids is 1. The Morgan fingerprint density at radius 3 is 2.76 bits per heavy atom. The number of carboxylic acid groups (broad SMARTS) is 1. The molecule has 3 N–H and O–H groups in total. The number of ether oxygens (including phenoxy) is 1. The van der Waals surface area contributed by atoms with Crippen molar-refractivity contribution in [1.82, 2.24) is 30.0 Å². The van der Waals surface area contributed by atoms with Crippen molar-refractivity contribution in [2.75, 3.05) is 31.7 Å². The van der Waals surface area contributed by atoms with Crippen LogP contribution in [0.2, 0.25) is 5.02 Å². The third-order valence-corrected chi connectivity index (χ3v) is 8.12. The molecule has 0 radical (unpaired) electrons. The van der Waals surface area contributed by atoms with Crippen LogP contribution in [0.5, 0.6) is 0 Å². The van der Waals surface area contributed by atoms with E-state index in [1.165, 1.54) is 6.33 Å². The van der Waals surface area contributed by atoms with Gasteiger partial charge in [-0.05, 0) is 35.7 Å². The van der Waals surface area contributed by atoms with E-state index in [1.807, 2.05) is 4.90 Å². The number of aryl methyl sites for hydroxylation is 1. The number of aromatic carboxylic acids is 1. The van der Waals surface area contributed by atoms with Gasteiger partial charge in [-0.25, -0.2) is 19.4 Å². The van der Waals surface area contributed by atoms with Gasteiger partial charge in [0.25, 0.3) is 5.91 Å². The molecular formula is C20H23BrClN7O4S. The summed E-state index contributed by atoms with van der Waals surface area (Å²) in [5, 5.41) is 18.0. The molecule has 1 aliphatic heterocycles. The maximum Gasteiger partial charge on any atom is 0.348 e. The van der Waals surface area contributed by atoms with Crippen LogP contribution in [-0.4, -0.2) is 74.6 Å². The first-order valence-electron chi connectivity index (χ1n) is 10.5. The maximum atomic E-state index is 12.7. The molecule has 0 atom stereocenters. The van der Waals surface area contributed by atoms with Crippen LogP contribution in [0.25, 0.3) is 11.5 Å². The molecule has 0 aliphatic carbocycles. The van der Waals surface area contributed by atoms with Crippen LogP contribution >= 0.6 is 38.9 Å². The molecule has 1 saturated heterocycles. The third-order valence-electron chi connectivity index (χ3n) is 5.53. The van der Waals surface area contributed by atoms with Gasteiger partial charge in [-0.3, -0.25) is 4.79 Å². The molecule has 0 unspecified atom stereocenters. The number of hydrogen-bond acceptors (Lipinski definition) is 8. The minimum absolute atomic E-state index is 0.0199. The number of nitrogens with zero attached hydrogens (tertiary/aromatic N) is 5. The summed E-state index contributed by atoms with van der Waals surface area (Å²) in [6.45, 7) is 3.90. The van der Waals surface area contributed by atoms with Gasteiger partial charge in [0.05, 0.1) is 22.6 Å². The van der Waals surface area contributed by atoms with Gasteiger partial charge >= 0.3 is 5.97 Å². The van der Waals surface area contributed by atoms with E-state index in [0.717, 1.165) is 17.0 Å². The number of aromatic nitrogens is 5. The summed E-state index contributed by atoms with van der Waals surface area (Å²) < 4.78 is 7.23. The van der Waals surface area contributed by atoms with E-state index in [2.05, 4.69) is 41.3 Å². The Labute approximate surface area is 212 Å². The smallest absolute Gasteiger partial charge is 0.348 e. The lowest BCUT2D eigenvalue weighted by atomic mass is 10.1. The molecule has 4 heterocycles. The lowest BCUT2D eigenvalue weighted by Crippen LogP contribution is -2.44. The van der Waals surface area contributed by atoms with Crippen LogP contribution in [0, 0.1) is 6.92 Å². The molecule has 0 aromatic carbocycles. The van der Waals surface area contributed by atoms with E-state index in [-0.39, 0.29) is 16.8 Å². The molecule has 182 valence electrons. The zero-order valence-electron chi connectivity index (χ0n) is 18.5. The number of anilines is 1. The van der Waals surface area contributed by atoms with E-state index in [0.29, 0.717) is 70.9 Å². The molecule has 0 bridgehead atoms. The van der Waals surface area contributed by atoms with Crippen LogP contribution < -0.4 is 10.2 Å². The summed E-state index contributed by atoms with van der Waals surface area (Å²) in [5.41, 5.74) is 1.42. The fraction of sp³-hybridized carbons (Fsp3) is 0.450. The molecule has 1 amide bonds. The van der Waals surface area contributed by atoms with E-state index >= 15 is 0 Å². The van der Waals surface area contributed by atoms with Crippen molar-refractivity contribution in [1.29, 1.82) is 0 Å². The first-order valence-corrected chi connectivity index (χ1v) is 12.5. The number of H-pyrrole nitrogens is 1. The highest BCUT2D eigenvalue weighted by molar-refractivity contribution is 9.10. The highest BCUT2D eigenvalue weighted by atomic mass is 79.9. The SMILES string of the molecule is COCCn1ncnc1-c1nc(N2CCC(NC(=O)c3[nH]c(C)c(Cl)c3Br)CC2)sc1C(=O)O. The summed E-state index contributed by atoms with van der Waals surface area (Å²) in [6, 6.07) is -0.0199. The van der Waals surface area contributed by atoms with Crippen molar-refractivity contribution in [3.8, 4) is 11.5 Å². The van der Waals surface area contributed by atoms with Crippen molar-refractivity contribution >= 4 is 55.9 Å². The average Bonchev–Trinajstić information content (AvgIpc) is 3.52. The third kappa shape index (κ3) is 4.97. The lowest BCUT2D eigenvalue weighted by molar-refractivity contribution is 0.0702. The molecule has 3 aromatic heterocycles. The number of carbonyl (C=O) groups is 2. The van der Waals surface area contributed by atoms with Gasteiger partial charge in [0.1, 0.15) is 22.6 Å². The van der Waals surface area contributed by atoms with E-state index in [9.17, 15) is 14.7 Å². The fourth-order valence-electron chi connectivity index (χ4n) is 3.73. The summed E-state index contributed by atoms with van der Waals surface area (Å²) in [5.74, 6) is -0.891. The summed E-state index contributed by atoms with van der Waals surface area (Å²) in [6.07, 6.45) is 2.76. The molecule has 4 rings (SSSR count). The van der Waals surface area contributed by atoms with Gasteiger partial charge in [0, 0.05) is 31.9 Å². The van der Waals surface area contributed by atoms with E-state index < -0.39 is 5.97 Å². The first-order chi connectivity index (χ1) is 16.3. The quantitative estimate of drug-likeness (QED) is 0.374. The zero-order valence-corrected chi connectivity index (χ0v) is 21.6. The van der Waals surface area contributed by atoms with Crippen LogP contribution in [0.3, 0.4) is 0 Å². The number of thiazole rings is 1. The molecule has 34 heavy (non-hydrogen) atoms. The van der Waals surface area contributed by atoms with Crippen LogP contribution in [0.15, 0.2) is 10.8 Å². The molecular weight excluding hydrogens is 550 g/mol. The largest absolute Gasteiger partial charge is 0.477 e. The number of halogens is 2. The van der Waals surface area contributed by atoms with Crippen molar-refractivity contribution in [2.45, 2.75) is 32.4 Å². The average molecular weight is 573 g/mol. The normalized spacial score (nSPS) is 14.5. The fourth-order valence-corrected chi connectivity index (χ4v) is 5.40. The Morgan fingerprint density at radius 2 is 2.15 bits per heavy atom. The van der Waals surface area contributed by atoms with Crippen LogP contribution in [0.4, 0.5) is 5.13 Å². The second kappa shape index (κ2) is 10.4. The minimum atomic E-state index is -1.06. The van der Waals surface area contributed by atoms with Crippen molar-refractivity contribution in [2.24, 2.45) is 0 Å². The predicted octanol–water partition coefficient (Wildman–Crippen LogP) is 3.20. The van der Waals surface area contributed by atoms with Gasteiger partial charge < -0.3 is 25.0 Å². The minimum Gasteiger partial charge on any atom is -0.477 e. The highest BCUT2D eigenvalue weighted by Gasteiger charge is 2.28. The Hall–Kier alpha value is -2.48. The van der Waals surface area contributed by atoms with Crippen LogP contribution in [-0.2, 0) is 11.3 Å². The van der Waals surface area contributed by atoms with Crippen molar-refractivity contribution < 1.29 is 19.4 Å². The summed E-state index contributed by atoms with van der Waals surface area (Å²) >= 11 is 10.6. The monoisotopic (exact) mass is 571 g/mol. The zero-order chi connectivity index (χ0) is 24.4. The number of carbonyl (C=O) groups excluding carboxylic acids is 1. The molecule has 0 spiro atoms. The number of hydrogen-bond donors (Lipinski definition) is 3. The second-order valence-corrected chi connectivity index (χ2v) is 9.92. The molecule has 0 saturated carbocycles. The topological polar surface area (TPSA) is 138 Å². The number of methoxy groups -OCH3 is 1. The summed E-state index contributed by atoms with van der Waals surface area (Å²) in [4.78, 5) is 38.6. The van der Waals surface area contributed by atoms with Gasteiger partial charge in [-0.15, -0.1) is 0 Å². The van der Waals surface area contributed by atoms with Crippen LogP contribution in [0.1, 0.15) is 38.7 Å². The lowest BCUT2D eigenvalue weighted by Gasteiger charge is -2.32. The Kier molecular flexibility index (Phi) is 7.55. The number of piperidine rings is 1. The number of amides is 1. The van der Waals surface area contributed by atoms with Gasteiger partial charge in [0.2, 0.25) is 0 Å². The Morgan fingerprint density at radius 1 is 1.41 bits per heavy atom. The highest BCUT2D eigenvalue weighted by Crippen LogP contribution is 2.34. The molecule has 14 heteroatoms. The van der Waals surface area contributed by atoms with Gasteiger partial charge in [-0.2, -0.15) is 5.10 Å². The van der Waals surface area contributed by atoms with Gasteiger partial charge in [-0.1, -0.05) is 22.9 Å². The number of rotatable bonds is 8. The standard InChI is InChI=1S/C20H23BrClN7O4S/c1-10-13(22)12(21)14(25-10)18(30)26-11-3-5-28(6-4-11)20-27-15(16(34-20)19(31)32)17-23-9-24-29(17)7-8-33-2/h9,11,25H,3-8H2,1-2H3,(H,26,30)(H,31,32). The Balaban J connectivity index is 1.45. The predicted molar refractivity (Wildman–Crippen MR) is 131 cm³/mol. The van der Waals surface area contributed by atoms with Gasteiger partial charge in [0.15, 0.2) is 11.0 Å². The van der Waals surface area contributed by atoms with Crippen molar-refractivity contribution in [3.05, 3.63) is 32.1 Å².